The third kappa shape index (κ3) is 3.57. The maximum atomic E-state index is 13.0. The summed E-state index contributed by atoms with van der Waals surface area (Å²) in [4.78, 5) is 27.9. The van der Waals surface area contributed by atoms with Gasteiger partial charge in [-0.05, 0) is 18.1 Å². The van der Waals surface area contributed by atoms with Crippen LogP contribution in [0.4, 0.5) is 11.6 Å². The van der Waals surface area contributed by atoms with Crippen LogP contribution in [0, 0.1) is 10.1 Å². The summed E-state index contributed by atoms with van der Waals surface area (Å²) in [5.74, 6) is -0.0878. The van der Waals surface area contributed by atoms with E-state index in [2.05, 4.69) is 15.4 Å². The number of ether oxygens (including phenoxy) is 1. The largest absolute Gasteiger partial charge is 0.457 e. The minimum atomic E-state index is -0.697. The molecule has 1 N–H and O–H groups in total. The lowest BCUT2D eigenvalue weighted by molar-refractivity contribution is -0.384. The third-order valence-electron chi connectivity index (χ3n) is 4.62. The molecule has 0 aliphatic carbocycles. The van der Waals surface area contributed by atoms with Crippen LogP contribution in [0.2, 0.25) is 0 Å². The molecule has 146 valence electrons. The molecule has 0 bridgehead atoms. The fraction of sp³-hybridized carbons (Fsp3) is 0.150. The summed E-state index contributed by atoms with van der Waals surface area (Å²) in [7, 11) is 0. The van der Waals surface area contributed by atoms with Crippen LogP contribution in [0.5, 0.6) is 0 Å². The molecule has 29 heavy (non-hydrogen) atoms. The summed E-state index contributed by atoms with van der Waals surface area (Å²) in [6.07, 6.45) is 1.36. The highest BCUT2D eigenvalue weighted by Crippen LogP contribution is 2.36. The lowest BCUT2D eigenvalue weighted by atomic mass is 9.95. The van der Waals surface area contributed by atoms with Crippen LogP contribution in [-0.4, -0.2) is 25.7 Å². The summed E-state index contributed by atoms with van der Waals surface area (Å²) in [6, 6.07) is 14.8. The molecule has 4 rings (SSSR count). The first-order valence-electron chi connectivity index (χ1n) is 8.87. The molecular weight excluding hydrogens is 374 g/mol. The van der Waals surface area contributed by atoms with Crippen LogP contribution in [0.15, 0.2) is 72.2 Å². The van der Waals surface area contributed by atoms with Crippen LogP contribution < -0.4 is 5.32 Å². The Balaban J connectivity index is 1.71. The number of esters is 1. The van der Waals surface area contributed by atoms with E-state index in [1.165, 1.54) is 23.1 Å². The van der Waals surface area contributed by atoms with Crippen LogP contribution in [0.25, 0.3) is 0 Å². The molecule has 2 aromatic carbocycles. The fourth-order valence-electron chi connectivity index (χ4n) is 3.27. The van der Waals surface area contributed by atoms with Gasteiger partial charge in [0.15, 0.2) is 0 Å². The Morgan fingerprint density at radius 3 is 2.79 bits per heavy atom. The SMILES string of the molecule is CC1=C(C(=O)OCc2ccccc2)[C@@H](c2cccc([N+](=O)[O-])c2)n2ncnc2N1. The van der Waals surface area contributed by atoms with E-state index in [-0.39, 0.29) is 12.3 Å². The van der Waals surface area contributed by atoms with Crippen molar-refractivity contribution in [2.45, 2.75) is 19.6 Å². The molecule has 1 aliphatic heterocycles. The van der Waals surface area contributed by atoms with Crippen molar-refractivity contribution in [3.8, 4) is 0 Å². The number of aromatic nitrogens is 3. The van der Waals surface area contributed by atoms with Gasteiger partial charge in [0.25, 0.3) is 5.69 Å². The Kier molecular flexibility index (Phi) is 4.78. The van der Waals surface area contributed by atoms with Crippen molar-refractivity contribution in [3.05, 3.63) is 93.4 Å². The topological polar surface area (TPSA) is 112 Å². The quantitative estimate of drug-likeness (QED) is 0.404. The van der Waals surface area contributed by atoms with Gasteiger partial charge in [-0.2, -0.15) is 10.1 Å². The van der Waals surface area contributed by atoms with Gasteiger partial charge in [0, 0.05) is 17.8 Å². The zero-order valence-electron chi connectivity index (χ0n) is 15.5. The predicted molar refractivity (Wildman–Crippen MR) is 104 cm³/mol. The van der Waals surface area contributed by atoms with Gasteiger partial charge in [0.05, 0.1) is 10.5 Å². The smallest absolute Gasteiger partial charge is 0.338 e. The molecule has 1 aromatic heterocycles. The molecule has 2 heterocycles. The Hall–Kier alpha value is -4.01. The summed E-state index contributed by atoms with van der Waals surface area (Å²) in [5.41, 5.74) is 2.20. The molecule has 0 amide bonds. The maximum absolute atomic E-state index is 13.0. The molecule has 0 spiro atoms. The number of rotatable bonds is 5. The first kappa shape index (κ1) is 18.4. The monoisotopic (exact) mass is 391 g/mol. The molecule has 0 radical (unpaired) electrons. The van der Waals surface area contributed by atoms with Gasteiger partial charge in [0.2, 0.25) is 5.95 Å². The Morgan fingerprint density at radius 2 is 2.03 bits per heavy atom. The van der Waals surface area contributed by atoms with Crippen LogP contribution in [0.3, 0.4) is 0 Å². The summed E-state index contributed by atoms with van der Waals surface area (Å²) in [5, 5.41) is 18.5. The molecule has 0 unspecified atom stereocenters. The number of hydrogen-bond acceptors (Lipinski definition) is 7. The van der Waals surface area contributed by atoms with Crippen molar-refractivity contribution in [1.82, 2.24) is 14.8 Å². The molecule has 0 fully saturated rings. The second-order valence-corrected chi connectivity index (χ2v) is 6.51. The second kappa shape index (κ2) is 7.55. The second-order valence-electron chi connectivity index (χ2n) is 6.51. The first-order chi connectivity index (χ1) is 14.0. The van der Waals surface area contributed by atoms with Crippen molar-refractivity contribution in [1.29, 1.82) is 0 Å². The third-order valence-corrected chi connectivity index (χ3v) is 4.62. The van der Waals surface area contributed by atoms with Crippen LogP contribution in [0.1, 0.15) is 24.1 Å². The van der Waals surface area contributed by atoms with E-state index in [1.807, 2.05) is 30.3 Å². The zero-order valence-corrected chi connectivity index (χ0v) is 15.5. The summed E-state index contributed by atoms with van der Waals surface area (Å²) in [6.45, 7) is 1.85. The van der Waals surface area contributed by atoms with Crippen LogP contribution >= 0.6 is 0 Å². The fourth-order valence-corrected chi connectivity index (χ4v) is 3.27. The zero-order chi connectivity index (χ0) is 20.4. The van der Waals surface area contributed by atoms with E-state index in [0.717, 1.165) is 5.56 Å². The molecular formula is C20H17N5O4. The lowest BCUT2D eigenvalue weighted by Gasteiger charge is -2.28. The highest BCUT2D eigenvalue weighted by molar-refractivity contribution is 5.92. The number of nitro groups is 1. The molecule has 0 saturated heterocycles. The minimum Gasteiger partial charge on any atom is -0.457 e. The van der Waals surface area contributed by atoms with Crippen molar-refractivity contribution < 1.29 is 14.5 Å². The van der Waals surface area contributed by atoms with Crippen molar-refractivity contribution in [2.75, 3.05) is 5.32 Å². The first-order valence-corrected chi connectivity index (χ1v) is 8.87. The summed E-state index contributed by atoms with van der Waals surface area (Å²) >= 11 is 0. The van der Waals surface area contributed by atoms with Gasteiger partial charge in [-0.15, -0.1) is 0 Å². The van der Waals surface area contributed by atoms with Crippen molar-refractivity contribution >= 4 is 17.6 Å². The average Bonchev–Trinajstić information content (AvgIpc) is 3.19. The van der Waals surface area contributed by atoms with E-state index < -0.39 is 16.9 Å². The lowest BCUT2D eigenvalue weighted by Crippen LogP contribution is -2.29. The van der Waals surface area contributed by atoms with Crippen molar-refractivity contribution in [3.63, 3.8) is 0 Å². The molecule has 1 atom stereocenters. The van der Waals surface area contributed by atoms with Gasteiger partial charge in [-0.1, -0.05) is 42.5 Å². The van der Waals surface area contributed by atoms with Gasteiger partial charge >= 0.3 is 5.97 Å². The van der Waals surface area contributed by atoms with E-state index in [9.17, 15) is 14.9 Å². The number of allylic oxidation sites excluding steroid dienone is 1. The van der Waals surface area contributed by atoms with Gasteiger partial charge in [-0.3, -0.25) is 10.1 Å². The molecule has 0 saturated carbocycles. The minimum absolute atomic E-state index is 0.0719. The molecule has 9 nitrogen and oxygen atoms in total. The number of hydrogen-bond donors (Lipinski definition) is 1. The van der Waals surface area contributed by atoms with Crippen molar-refractivity contribution in [2.24, 2.45) is 0 Å². The average molecular weight is 391 g/mol. The number of benzene rings is 2. The molecule has 3 aromatic rings. The number of nitrogens with one attached hydrogen (secondary N) is 1. The highest BCUT2D eigenvalue weighted by Gasteiger charge is 2.35. The number of non-ortho nitro benzene ring substituents is 1. The Labute approximate surface area is 165 Å². The predicted octanol–water partition coefficient (Wildman–Crippen LogP) is 3.22. The highest BCUT2D eigenvalue weighted by atomic mass is 16.6. The number of anilines is 1. The van der Waals surface area contributed by atoms with Crippen LogP contribution in [-0.2, 0) is 16.1 Å². The maximum Gasteiger partial charge on any atom is 0.338 e. The Morgan fingerprint density at radius 1 is 1.24 bits per heavy atom. The Bertz CT molecular complexity index is 1110. The molecule has 9 heteroatoms. The number of carbonyl (C=O) groups excluding carboxylic acids is 1. The van der Waals surface area contributed by atoms with E-state index in [1.54, 1.807) is 19.1 Å². The number of nitro benzene ring substituents is 1. The molecule has 1 aliphatic rings. The normalized spacial score (nSPS) is 15.4. The summed E-state index contributed by atoms with van der Waals surface area (Å²) < 4.78 is 7.05. The van der Waals surface area contributed by atoms with Gasteiger partial charge in [0.1, 0.15) is 19.0 Å². The number of nitrogens with zero attached hydrogens (tertiary/aromatic N) is 4. The van der Waals surface area contributed by atoms with E-state index >= 15 is 0 Å². The number of fused-ring (bicyclic) bond motifs is 1. The van der Waals surface area contributed by atoms with E-state index in [0.29, 0.717) is 22.8 Å². The van der Waals surface area contributed by atoms with E-state index in [4.69, 9.17) is 4.74 Å². The van der Waals surface area contributed by atoms with Gasteiger partial charge < -0.3 is 10.1 Å². The standard InChI is InChI=1S/C20H17N5O4/c1-13-17(19(26)29-11-14-6-3-2-4-7-14)18(24-20(23-13)21-12-22-24)15-8-5-9-16(10-15)25(27)28/h2-10,12,18H,11H2,1H3,(H,21,22,23)/t18-/m1/s1. The number of carbonyl (C=O) groups is 1. The van der Waals surface area contributed by atoms with Gasteiger partial charge in [-0.25, -0.2) is 9.48 Å².